The van der Waals surface area contributed by atoms with E-state index in [1.54, 1.807) is 0 Å². The summed E-state index contributed by atoms with van der Waals surface area (Å²) in [7, 11) is 5.92. The molecule has 0 aliphatic heterocycles. The average Bonchev–Trinajstić information content (AvgIpc) is 2.86. The summed E-state index contributed by atoms with van der Waals surface area (Å²) in [4.78, 5) is 37.6. The third-order valence-corrected chi connectivity index (χ3v) is 17.5. The molecular formula is C86H151NO8. The first-order valence-electron chi connectivity index (χ1n) is 40.0. The van der Waals surface area contributed by atoms with Gasteiger partial charge in [0.1, 0.15) is 13.2 Å². The molecule has 0 saturated carbocycles. The van der Waals surface area contributed by atoms with Gasteiger partial charge >= 0.3 is 11.9 Å². The van der Waals surface area contributed by atoms with Crippen molar-refractivity contribution >= 4 is 17.9 Å². The number of carbonyl (C=O) groups excluding carboxylic acids is 3. The molecule has 0 saturated heterocycles. The first-order valence-corrected chi connectivity index (χ1v) is 40.0. The lowest BCUT2D eigenvalue weighted by Gasteiger charge is -2.26. The fourth-order valence-corrected chi connectivity index (χ4v) is 11.4. The van der Waals surface area contributed by atoms with Crippen molar-refractivity contribution in [3.8, 4) is 0 Å². The van der Waals surface area contributed by atoms with E-state index in [0.29, 0.717) is 17.4 Å². The number of quaternary nitrogens is 1. The number of carboxylic acids is 1. The highest BCUT2D eigenvalue weighted by atomic mass is 16.7. The summed E-state index contributed by atoms with van der Waals surface area (Å²) in [6, 6.07) is 0. The highest BCUT2D eigenvalue weighted by Gasteiger charge is 2.22. The van der Waals surface area contributed by atoms with E-state index in [9.17, 15) is 19.5 Å². The maximum absolute atomic E-state index is 12.9. The Hall–Kier alpha value is -4.05. The minimum absolute atomic E-state index is 0.138. The highest BCUT2D eigenvalue weighted by Crippen LogP contribution is 2.19. The Kier molecular flexibility index (Phi) is 72.5. The lowest BCUT2D eigenvalue weighted by atomic mass is 10.0. The molecule has 0 spiro atoms. The van der Waals surface area contributed by atoms with E-state index in [4.69, 9.17) is 18.9 Å². The van der Waals surface area contributed by atoms with Crippen LogP contribution in [0.2, 0.25) is 0 Å². The van der Waals surface area contributed by atoms with Crippen LogP contribution in [0.3, 0.4) is 0 Å². The molecule has 0 radical (unpaired) electrons. The SMILES string of the molecule is CC/C=C\C/C=C\C/C=C\C/C=C\C/C=C\C/C=C\C/C=C\C/C=C\CCCCCCC(=O)OC(COC(=O)CCCCCCCCCCCCCCCCCCCCCCCCCCCCCCC/C=C\CCCCCCCCCC)COC(OCC[N+](C)(C)C)C(=O)[O-]. The van der Waals surface area contributed by atoms with Crippen molar-refractivity contribution in [3.63, 3.8) is 0 Å². The second-order valence-electron chi connectivity index (χ2n) is 28.0. The Morgan fingerprint density at radius 2 is 0.600 bits per heavy atom. The fourth-order valence-electron chi connectivity index (χ4n) is 11.4. The number of esters is 2. The minimum atomic E-state index is -1.64. The predicted molar refractivity (Wildman–Crippen MR) is 407 cm³/mol. The maximum atomic E-state index is 12.9. The molecule has 0 fully saturated rings. The third kappa shape index (κ3) is 77.2. The molecule has 0 rings (SSSR count). The normalized spacial score (nSPS) is 13.2. The van der Waals surface area contributed by atoms with Crippen molar-refractivity contribution in [2.75, 3.05) is 47.5 Å². The van der Waals surface area contributed by atoms with E-state index in [-0.39, 0.29) is 38.6 Å². The fraction of sp³-hybridized carbons (Fsp3) is 0.756. The smallest absolute Gasteiger partial charge is 0.306 e. The van der Waals surface area contributed by atoms with Gasteiger partial charge in [-0.05, 0) is 103 Å². The van der Waals surface area contributed by atoms with Gasteiger partial charge in [0, 0.05) is 12.8 Å². The monoisotopic (exact) mass is 1330 g/mol. The van der Waals surface area contributed by atoms with Crippen LogP contribution in [0.15, 0.2) is 109 Å². The number of allylic oxidation sites excluding steroid dienone is 18. The molecule has 0 aromatic rings. The standard InChI is InChI=1S/C86H151NO8/c1-6-8-10-12-14-16-18-20-22-24-26-28-30-32-34-36-37-38-39-40-41-42-43-44-45-46-47-49-50-52-54-56-58-60-62-64-66-68-70-72-74-76-83(88)93-80-82(81-94-86(85(90)91)92-79-78-87(3,4)5)95-84(89)77-75-73-71-69-67-65-63-61-59-57-55-53-51-48-35-33-31-29-27-25-23-21-19-17-15-13-11-9-7-2/h9,11,15,17,21,23-24,26-27,29,33,35,51,53,57,59,63,65,82,86H,6-8,10,12-14,16,18-20,22,25,28,30-32,34,36-50,52,54-56,58,60-62,64,66-81H2,1-5H3/b11-9-,17-15-,23-21-,26-24-,29-27-,35-33-,53-51-,59-57-,65-63-. The number of carboxylic acid groups (broad SMARTS) is 1. The summed E-state index contributed by atoms with van der Waals surface area (Å²) in [6.45, 7) is 4.63. The van der Waals surface area contributed by atoms with Crippen molar-refractivity contribution in [3.05, 3.63) is 109 Å². The largest absolute Gasteiger partial charge is 0.545 e. The summed E-state index contributed by atoms with van der Waals surface area (Å²) in [6.07, 6.45) is 104. The van der Waals surface area contributed by atoms with Crippen LogP contribution < -0.4 is 5.11 Å². The Morgan fingerprint density at radius 3 is 0.905 bits per heavy atom. The molecule has 95 heavy (non-hydrogen) atoms. The van der Waals surface area contributed by atoms with Crippen molar-refractivity contribution in [1.29, 1.82) is 0 Å². The van der Waals surface area contributed by atoms with E-state index in [1.807, 2.05) is 21.1 Å². The molecule has 2 unspecified atom stereocenters. The topological polar surface area (TPSA) is 111 Å². The average molecular weight is 1330 g/mol. The van der Waals surface area contributed by atoms with Crippen LogP contribution in [-0.4, -0.2) is 82.3 Å². The Morgan fingerprint density at radius 1 is 0.326 bits per heavy atom. The van der Waals surface area contributed by atoms with Gasteiger partial charge in [-0.3, -0.25) is 9.59 Å². The molecule has 9 heteroatoms. The molecule has 548 valence electrons. The number of aliphatic carboxylic acids is 1. The van der Waals surface area contributed by atoms with Gasteiger partial charge in [0.05, 0.1) is 40.3 Å². The van der Waals surface area contributed by atoms with Crippen LogP contribution in [0.4, 0.5) is 0 Å². The number of hydrogen-bond donors (Lipinski definition) is 0. The first-order chi connectivity index (χ1) is 46.6. The number of unbranched alkanes of at least 4 members (excludes halogenated alkanes) is 41. The Labute approximate surface area is 587 Å². The molecule has 0 aromatic heterocycles. The van der Waals surface area contributed by atoms with Crippen LogP contribution in [0.5, 0.6) is 0 Å². The van der Waals surface area contributed by atoms with Gasteiger partial charge in [0.15, 0.2) is 12.4 Å². The van der Waals surface area contributed by atoms with Gasteiger partial charge in [-0.1, -0.05) is 354 Å². The number of rotatable bonds is 74. The molecule has 0 amide bonds. The Bertz CT molecular complexity index is 1930. The molecule has 2 atom stereocenters. The van der Waals surface area contributed by atoms with Gasteiger partial charge in [0.2, 0.25) is 0 Å². The quantitative estimate of drug-likeness (QED) is 0.0195. The van der Waals surface area contributed by atoms with E-state index < -0.39 is 24.3 Å². The second kappa shape index (κ2) is 75.7. The number of likely N-dealkylation sites (N-methyl/N-ethyl adjacent to an activating group) is 1. The number of ether oxygens (including phenoxy) is 4. The molecule has 0 heterocycles. The molecular weight excluding hydrogens is 1170 g/mol. The van der Waals surface area contributed by atoms with Crippen LogP contribution in [0, 0.1) is 0 Å². The van der Waals surface area contributed by atoms with E-state index in [0.717, 1.165) is 96.3 Å². The Balaban J connectivity index is 4.02. The molecule has 0 bridgehead atoms. The van der Waals surface area contributed by atoms with Gasteiger partial charge < -0.3 is 33.3 Å². The molecule has 0 aromatic carbocycles. The van der Waals surface area contributed by atoms with Crippen LogP contribution in [-0.2, 0) is 33.3 Å². The lowest BCUT2D eigenvalue weighted by molar-refractivity contribution is -0.870. The van der Waals surface area contributed by atoms with Crippen LogP contribution >= 0.6 is 0 Å². The van der Waals surface area contributed by atoms with E-state index in [1.165, 1.54) is 231 Å². The van der Waals surface area contributed by atoms with Gasteiger partial charge in [-0.2, -0.15) is 0 Å². The summed E-state index contributed by atoms with van der Waals surface area (Å²) in [5, 5.41) is 11.8. The number of carbonyl (C=O) groups is 3. The lowest BCUT2D eigenvalue weighted by Crippen LogP contribution is -2.44. The third-order valence-electron chi connectivity index (χ3n) is 17.5. The summed E-state index contributed by atoms with van der Waals surface area (Å²) >= 11 is 0. The zero-order valence-corrected chi connectivity index (χ0v) is 62.8. The zero-order valence-electron chi connectivity index (χ0n) is 62.8. The predicted octanol–water partition coefficient (Wildman–Crippen LogP) is 24.4. The minimum Gasteiger partial charge on any atom is -0.545 e. The van der Waals surface area contributed by atoms with Crippen molar-refractivity contribution in [2.24, 2.45) is 0 Å². The van der Waals surface area contributed by atoms with Crippen molar-refractivity contribution in [1.82, 2.24) is 0 Å². The molecule has 0 aliphatic rings. The second-order valence-corrected chi connectivity index (χ2v) is 28.0. The van der Waals surface area contributed by atoms with Crippen molar-refractivity contribution < 1.29 is 42.9 Å². The van der Waals surface area contributed by atoms with Crippen LogP contribution in [0.1, 0.15) is 361 Å². The van der Waals surface area contributed by atoms with E-state index in [2.05, 4.69) is 123 Å². The van der Waals surface area contributed by atoms with Gasteiger partial charge in [-0.25, -0.2) is 0 Å². The zero-order chi connectivity index (χ0) is 69.0. The first kappa shape index (κ1) is 91.0. The van der Waals surface area contributed by atoms with Gasteiger partial charge in [0.25, 0.3) is 0 Å². The summed E-state index contributed by atoms with van der Waals surface area (Å²) in [5.74, 6) is -2.31. The number of nitrogens with zero attached hydrogens (tertiary/aromatic N) is 1. The summed E-state index contributed by atoms with van der Waals surface area (Å²) < 4.78 is 22.8. The molecule has 9 nitrogen and oxygen atoms in total. The maximum Gasteiger partial charge on any atom is 0.306 e. The van der Waals surface area contributed by atoms with Gasteiger partial charge in [-0.15, -0.1) is 0 Å². The van der Waals surface area contributed by atoms with Crippen LogP contribution in [0.25, 0.3) is 0 Å². The molecule has 0 N–H and O–H groups in total. The highest BCUT2D eigenvalue weighted by molar-refractivity contribution is 5.70. The van der Waals surface area contributed by atoms with E-state index >= 15 is 0 Å². The molecule has 0 aliphatic carbocycles. The number of hydrogen-bond acceptors (Lipinski definition) is 8. The van der Waals surface area contributed by atoms with Crippen molar-refractivity contribution in [2.45, 2.75) is 373 Å². The summed E-state index contributed by atoms with van der Waals surface area (Å²) in [5.41, 5.74) is 0.